The molecule has 178 valence electrons. The molecule has 0 unspecified atom stereocenters. The summed E-state index contributed by atoms with van der Waals surface area (Å²) in [6.07, 6.45) is 0. The number of fused-ring (bicyclic) bond motifs is 1. The maximum Gasteiger partial charge on any atom is 0.534 e. The Bertz CT molecular complexity index is 1400. The fraction of sp³-hybridized carbons (Fsp3) is 0.217. The summed E-state index contributed by atoms with van der Waals surface area (Å²) in [5, 5.41) is 3.43. The van der Waals surface area contributed by atoms with Crippen molar-refractivity contribution in [3.05, 3.63) is 77.7 Å². The van der Waals surface area contributed by atoms with Crippen LogP contribution in [0.5, 0.6) is 5.75 Å². The fourth-order valence-electron chi connectivity index (χ4n) is 3.45. The number of alkyl halides is 3. The normalized spacial score (nSPS) is 16.0. The standard InChI is InChI=1S/C23H19F3N2O5S/c1-22(2)20(33-34(30,31)23(24,25)26)19(21(29)28-22)15-8-11-17(12-9-15)32-13-16-10-7-14-5-3-4-6-18(14)27-16/h3-12H,13H2,1-2H3,(H,28,29). The number of carbonyl (C=O) groups excluding carboxylic acids is 1. The number of hydrogen-bond acceptors (Lipinski definition) is 6. The van der Waals surface area contributed by atoms with Crippen molar-refractivity contribution in [2.24, 2.45) is 0 Å². The maximum atomic E-state index is 12.9. The molecule has 1 aliphatic heterocycles. The molecule has 0 saturated carbocycles. The minimum Gasteiger partial charge on any atom is -0.487 e. The summed E-state index contributed by atoms with van der Waals surface area (Å²) in [6, 6.07) is 17.3. The zero-order valence-electron chi connectivity index (χ0n) is 18.0. The minimum atomic E-state index is -5.96. The van der Waals surface area contributed by atoms with Crippen LogP contribution >= 0.6 is 0 Å². The lowest BCUT2D eigenvalue weighted by Crippen LogP contribution is -2.40. The topological polar surface area (TPSA) is 94.6 Å². The van der Waals surface area contributed by atoms with Crippen molar-refractivity contribution < 1.29 is 35.3 Å². The molecule has 3 aromatic rings. The van der Waals surface area contributed by atoms with Gasteiger partial charge in [0.1, 0.15) is 12.4 Å². The predicted octanol–water partition coefficient (Wildman–Crippen LogP) is 4.30. The summed E-state index contributed by atoms with van der Waals surface area (Å²) in [5.41, 5.74) is -5.73. The Hall–Kier alpha value is -3.60. The molecule has 1 aliphatic rings. The van der Waals surface area contributed by atoms with Gasteiger partial charge in [0.25, 0.3) is 5.91 Å². The lowest BCUT2D eigenvalue weighted by atomic mass is 9.99. The van der Waals surface area contributed by atoms with Crippen molar-refractivity contribution >= 4 is 32.5 Å². The zero-order valence-corrected chi connectivity index (χ0v) is 18.8. The number of pyridine rings is 1. The third kappa shape index (κ3) is 4.56. The van der Waals surface area contributed by atoms with E-state index in [-0.39, 0.29) is 17.7 Å². The molecular formula is C23H19F3N2O5S. The van der Waals surface area contributed by atoms with Gasteiger partial charge in [-0.05, 0) is 43.7 Å². The van der Waals surface area contributed by atoms with Gasteiger partial charge in [0.05, 0.1) is 22.3 Å². The van der Waals surface area contributed by atoms with Crippen LogP contribution in [0.4, 0.5) is 13.2 Å². The zero-order chi connectivity index (χ0) is 24.7. The van der Waals surface area contributed by atoms with Crippen LogP contribution in [0.15, 0.2) is 66.4 Å². The van der Waals surface area contributed by atoms with E-state index in [4.69, 9.17) is 4.74 Å². The van der Waals surface area contributed by atoms with Gasteiger partial charge in [-0.25, -0.2) is 4.98 Å². The molecular weight excluding hydrogens is 473 g/mol. The first-order valence-corrected chi connectivity index (χ1v) is 11.4. The van der Waals surface area contributed by atoms with Crippen LogP contribution in [-0.2, 0) is 25.7 Å². The summed E-state index contributed by atoms with van der Waals surface area (Å²) in [4.78, 5) is 17.0. The SMILES string of the molecule is CC1(C)NC(=O)C(c2ccc(OCc3ccc4ccccc4n3)cc2)=C1OS(=O)(=O)C(F)(F)F. The molecule has 11 heteroatoms. The lowest BCUT2D eigenvalue weighted by molar-refractivity contribution is -0.115. The van der Waals surface area contributed by atoms with Gasteiger partial charge < -0.3 is 14.2 Å². The molecule has 2 aromatic carbocycles. The molecule has 0 fully saturated rings. The predicted molar refractivity (Wildman–Crippen MR) is 118 cm³/mol. The van der Waals surface area contributed by atoms with Gasteiger partial charge in [0.15, 0.2) is 5.76 Å². The molecule has 2 heterocycles. The van der Waals surface area contributed by atoms with Gasteiger partial charge in [-0.3, -0.25) is 4.79 Å². The van der Waals surface area contributed by atoms with E-state index in [2.05, 4.69) is 14.5 Å². The average molecular weight is 492 g/mol. The highest BCUT2D eigenvalue weighted by Crippen LogP contribution is 2.38. The second-order valence-electron chi connectivity index (χ2n) is 8.07. The molecule has 4 rings (SSSR count). The first-order chi connectivity index (χ1) is 15.9. The maximum absolute atomic E-state index is 12.9. The number of halogens is 3. The highest BCUT2D eigenvalue weighted by molar-refractivity contribution is 7.87. The van der Waals surface area contributed by atoms with Gasteiger partial charge >= 0.3 is 15.6 Å². The van der Waals surface area contributed by atoms with Gasteiger partial charge in [-0.2, -0.15) is 21.6 Å². The van der Waals surface area contributed by atoms with Crippen molar-refractivity contribution in [3.8, 4) is 5.75 Å². The monoisotopic (exact) mass is 492 g/mol. The summed E-state index contributed by atoms with van der Waals surface area (Å²) in [5.74, 6) is -0.974. The Labute approximate surface area is 193 Å². The quantitative estimate of drug-likeness (QED) is 0.407. The summed E-state index contributed by atoms with van der Waals surface area (Å²) >= 11 is 0. The number of benzene rings is 2. The number of carbonyl (C=O) groups is 1. The summed E-state index contributed by atoms with van der Waals surface area (Å²) in [7, 11) is -5.96. The molecule has 7 nitrogen and oxygen atoms in total. The number of ether oxygens (including phenoxy) is 1. The third-order valence-electron chi connectivity index (χ3n) is 5.11. The highest BCUT2D eigenvalue weighted by atomic mass is 32.2. The van der Waals surface area contributed by atoms with Crippen molar-refractivity contribution in [1.29, 1.82) is 0 Å². The number of hydrogen-bond donors (Lipinski definition) is 1. The van der Waals surface area contributed by atoms with Crippen LogP contribution in [0.2, 0.25) is 0 Å². The molecule has 1 amide bonds. The largest absolute Gasteiger partial charge is 0.534 e. The molecule has 0 aliphatic carbocycles. The molecule has 0 radical (unpaired) electrons. The van der Waals surface area contributed by atoms with E-state index in [0.29, 0.717) is 11.4 Å². The number of rotatable bonds is 6. The van der Waals surface area contributed by atoms with Gasteiger partial charge in [0.2, 0.25) is 0 Å². The first-order valence-electron chi connectivity index (χ1n) is 10.0. The van der Waals surface area contributed by atoms with Crippen LogP contribution in [0, 0.1) is 0 Å². The fourth-order valence-corrected chi connectivity index (χ4v) is 4.05. The number of nitrogens with zero attached hydrogens (tertiary/aromatic N) is 1. The second-order valence-corrected chi connectivity index (χ2v) is 9.61. The summed E-state index contributed by atoms with van der Waals surface area (Å²) in [6.45, 7) is 2.85. The smallest absolute Gasteiger partial charge is 0.487 e. The first kappa shape index (κ1) is 23.6. The highest BCUT2D eigenvalue weighted by Gasteiger charge is 2.52. The van der Waals surface area contributed by atoms with Gasteiger partial charge in [0, 0.05) is 5.39 Å². The van der Waals surface area contributed by atoms with Crippen LogP contribution in [-0.4, -0.2) is 30.4 Å². The molecule has 0 bridgehead atoms. The van der Waals surface area contributed by atoms with Crippen LogP contribution in [0.3, 0.4) is 0 Å². The minimum absolute atomic E-state index is 0.165. The number of nitrogens with one attached hydrogen (secondary N) is 1. The molecule has 1 N–H and O–H groups in total. The van der Waals surface area contributed by atoms with E-state index in [1.807, 2.05) is 36.4 Å². The van der Waals surface area contributed by atoms with Crippen LogP contribution in [0.1, 0.15) is 25.1 Å². The van der Waals surface area contributed by atoms with E-state index in [1.165, 1.54) is 38.1 Å². The Morgan fingerprint density at radius 2 is 1.68 bits per heavy atom. The Morgan fingerprint density at radius 3 is 2.35 bits per heavy atom. The molecule has 0 atom stereocenters. The van der Waals surface area contributed by atoms with Crippen LogP contribution < -0.4 is 10.1 Å². The third-order valence-corrected chi connectivity index (χ3v) is 6.06. The molecule has 1 aromatic heterocycles. The number of para-hydroxylation sites is 1. The van der Waals surface area contributed by atoms with E-state index in [1.54, 1.807) is 0 Å². The molecule has 0 spiro atoms. The Kier molecular flexibility index (Phi) is 5.76. The second kappa shape index (κ2) is 8.32. The van der Waals surface area contributed by atoms with Crippen molar-refractivity contribution in [2.45, 2.75) is 31.5 Å². The van der Waals surface area contributed by atoms with Crippen molar-refractivity contribution in [1.82, 2.24) is 10.3 Å². The summed E-state index contributed by atoms with van der Waals surface area (Å²) < 4.78 is 71.9. The number of amides is 1. The van der Waals surface area contributed by atoms with Gasteiger partial charge in [-0.1, -0.05) is 36.4 Å². The van der Waals surface area contributed by atoms with Crippen molar-refractivity contribution in [2.75, 3.05) is 0 Å². The Morgan fingerprint density at radius 1 is 1.00 bits per heavy atom. The number of aromatic nitrogens is 1. The van der Waals surface area contributed by atoms with Gasteiger partial charge in [-0.15, -0.1) is 0 Å². The van der Waals surface area contributed by atoms with Crippen molar-refractivity contribution in [3.63, 3.8) is 0 Å². The lowest BCUT2D eigenvalue weighted by Gasteiger charge is -2.22. The molecule has 34 heavy (non-hydrogen) atoms. The van der Waals surface area contributed by atoms with Crippen LogP contribution in [0.25, 0.3) is 16.5 Å². The Balaban J connectivity index is 1.57. The van der Waals surface area contributed by atoms with E-state index < -0.39 is 32.8 Å². The average Bonchev–Trinajstić information content (AvgIpc) is 2.99. The van der Waals surface area contributed by atoms with E-state index in [0.717, 1.165) is 10.9 Å². The molecule has 0 saturated heterocycles. The van der Waals surface area contributed by atoms with E-state index >= 15 is 0 Å². The van der Waals surface area contributed by atoms with E-state index in [9.17, 15) is 26.4 Å².